The molecule has 0 atom stereocenters. The van der Waals surface area contributed by atoms with Gasteiger partial charge in [0, 0.05) is 6.54 Å². The van der Waals surface area contributed by atoms with Crippen LogP contribution in [0.15, 0.2) is 0 Å². The summed E-state index contributed by atoms with van der Waals surface area (Å²) in [5, 5.41) is 0. The largest absolute Gasteiger partial charge is 0.401 e. The maximum Gasteiger partial charge on any atom is 0.401 e. The van der Waals surface area contributed by atoms with Crippen LogP contribution in [0.5, 0.6) is 0 Å². The van der Waals surface area contributed by atoms with E-state index in [-0.39, 0.29) is 19.5 Å². The summed E-state index contributed by atoms with van der Waals surface area (Å²) in [6.07, 6.45) is -4.40. The van der Waals surface area contributed by atoms with Gasteiger partial charge in [-0.1, -0.05) is 12.5 Å². The molecule has 0 aromatic heterocycles. The van der Waals surface area contributed by atoms with Crippen molar-refractivity contribution < 1.29 is 22.8 Å². The van der Waals surface area contributed by atoms with Gasteiger partial charge >= 0.3 is 12.1 Å². The fourth-order valence-electron chi connectivity index (χ4n) is 0.969. The number of nitrogens with two attached hydrogens (primary N) is 1. The molecule has 0 fully saturated rings. The molecule has 15 heavy (non-hydrogen) atoms. The molecule has 0 rings (SSSR count). The lowest BCUT2D eigenvalue weighted by atomic mass is 10.3. The third kappa shape index (κ3) is 8.16. The number of hydrazine groups is 1. The second kappa shape index (κ2) is 6.59. The van der Waals surface area contributed by atoms with Gasteiger partial charge in [-0.3, -0.25) is 9.69 Å². The fourth-order valence-corrected chi connectivity index (χ4v) is 0.969. The summed E-state index contributed by atoms with van der Waals surface area (Å²) >= 11 is 0. The van der Waals surface area contributed by atoms with E-state index in [0.717, 1.165) is 4.90 Å². The highest BCUT2D eigenvalue weighted by atomic mass is 19.4. The summed E-state index contributed by atoms with van der Waals surface area (Å²) in [5.74, 6) is 3.99. The van der Waals surface area contributed by atoms with Crippen molar-refractivity contribution in [1.82, 2.24) is 10.5 Å². The SMILES string of the molecule is CCN(CCC(=O)ONN)CC(F)(F)F. The van der Waals surface area contributed by atoms with Gasteiger partial charge in [-0.2, -0.15) is 13.2 Å². The molecule has 0 heterocycles. The molecule has 0 aliphatic carbocycles. The summed E-state index contributed by atoms with van der Waals surface area (Å²) in [7, 11) is 0. The molecular formula is C7H14F3N3O2. The van der Waals surface area contributed by atoms with Crippen molar-refractivity contribution in [3.8, 4) is 0 Å². The van der Waals surface area contributed by atoms with Crippen LogP contribution in [0.4, 0.5) is 13.2 Å². The number of hydrogen-bond acceptors (Lipinski definition) is 5. The van der Waals surface area contributed by atoms with Crippen LogP contribution in [0.25, 0.3) is 0 Å². The van der Waals surface area contributed by atoms with E-state index in [9.17, 15) is 18.0 Å². The van der Waals surface area contributed by atoms with Crippen LogP contribution in [0.3, 0.4) is 0 Å². The van der Waals surface area contributed by atoms with E-state index < -0.39 is 18.7 Å². The van der Waals surface area contributed by atoms with E-state index >= 15 is 0 Å². The van der Waals surface area contributed by atoms with Crippen molar-refractivity contribution in [3.05, 3.63) is 0 Å². The average Bonchev–Trinajstić information content (AvgIpc) is 2.11. The van der Waals surface area contributed by atoms with Gasteiger partial charge in [0.15, 0.2) is 0 Å². The van der Waals surface area contributed by atoms with Crippen LogP contribution < -0.4 is 11.4 Å². The van der Waals surface area contributed by atoms with Gasteiger partial charge in [0.2, 0.25) is 0 Å². The first-order valence-electron chi connectivity index (χ1n) is 4.33. The zero-order chi connectivity index (χ0) is 11.9. The van der Waals surface area contributed by atoms with Crippen LogP contribution in [-0.4, -0.2) is 36.7 Å². The number of rotatable bonds is 6. The zero-order valence-corrected chi connectivity index (χ0v) is 8.30. The standard InChI is InChI=1S/C7H14F3N3O2/c1-2-13(5-7(8,9)10)4-3-6(14)15-12-11/h12H,2-5,11H2,1H3. The number of nitrogens with zero attached hydrogens (tertiary/aromatic N) is 1. The minimum atomic E-state index is -4.26. The van der Waals surface area contributed by atoms with Gasteiger partial charge < -0.3 is 4.84 Å². The Hall–Kier alpha value is -0.860. The molecule has 3 N–H and O–H groups in total. The van der Waals surface area contributed by atoms with Crippen molar-refractivity contribution in [2.45, 2.75) is 19.5 Å². The van der Waals surface area contributed by atoms with Crippen molar-refractivity contribution >= 4 is 5.97 Å². The van der Waals surface area contributed by atoms with Gasteiger partial charge in [0.05, 0.1) is 13.0 Å². The van der Waals surface area contributed by atoms with Crippen LogP contribution in [0.2, 0.25) is 0 Å². The molecule has 0 spiro atoms. The van der Waals surface area contributed by atoms with E-state index in [1.165, 1.54) is 0 Å². The Labute approximate surface area is 85.3 Å². The number of hydrogen-bond donors (Lipinski definition) is 2. The minimum Gasteiger partial charge on any atom is -0.356 e. The van der Waals surface area contributed by atoms with Crippen molar-refractivity contribution in [1.29, 1.82) is 0 Å². The second-order valence-electron chi connectivity index (χ2n) is 2.83. The molecule has 0 amide bonds. The van der Waals surface area contributed by atoms with E-state index in [2.05, 4.69) is 10.7 Å². The lowest BCUT2D eigenvalue weighted by molar-refractivity contribution is -0.156. The first-order valence-corrected chi connectivity index (χ1v) is 4.33. The first-order chi connectivity index (χ1) is 6.89. The molecule has 0 aromatic carbocycles. The zero-order valence-electron chi connectivity index (χ0n) is 8.30. The van der Waals surface area contributed by atoms with Gasteiger partial charge in [-0.25, -0.2) is 5.84 Å². The van der Waals surface area contributed by atoms with Crippen LogP contribution >= 0.6 is 0 Å². The molecular weight excluding hydrogens is 215 g/mol. The van der Waals surface area contributed by atoms with Crippen molar-refractivity contribution in [2.75, 3.05) is 19.6 Å². The maximum atomic E-state index is 12.0. The number of alkyl halides is 3. The molecule has 8 heteroatoms. The number of halogens is 3. The fraction of sp³-hybridized carbons (Fsp3) is 0.857. The number of carbonyl (C=O) groups excluding carboxylic acids is 1. The third-order valence-corrected chi connectivity index (χ3v) is 1.66. The number of carbonyl (C=O) groups is 1. The van der Waals surface area contributed by atoms with Crippen molar-refractivity contribution in [2.24, 2.45) is 5.84 Å². The monoisotopic (exact) mass is 229 g/mol. The highest BCUT2D eigenvalue weighted by Gasteiger charge is 2.30. The van der Waals surface area contributed by atoms with Crippen LogP contribution in [-0.2, 0) is 9.63 Å². The Balaban J connectivity index is 3.85. The second-order valence-corrected chi connectivity index (χ2v) is 2.83. The molecule has 0 bridgehead atoms. The lowest BCUT2D eigenvalue weighted by Gasteiger charge is -2.20. The molecule has 0 aromatic rings. The highest BCUT2D eigenvalue weighted by Crippen LogP contribution is 2.16. The summed E-state index contributed by atoms with van der Waals surface area (Å²) < 4.78 is 35.9. The Bertz CT molecular complexity index is 198. The van der Waals surface area contributed by atoms with Crippen LogP contribution in [0.1, 0.15) is 13.3 Å². The van der Waals surface area contributed by atoms with Gasteiger partial charge in [0.25, 0.3) is 0 Å². The lowest BCUT2D eigenvalue weighted by Crippen LogP contribution is -2.36. The minimum absolute atomic E-state index is 0.0173. The smallest absolute Gasteiger partial charge is 0.356 e. The van der Waals surface area contributed by atoms with Gasteiger partial charge in [-0.15, -0.1) is 0 Å². The summed E-state index contributed by atoms with van der Waals surface area (Å²) in [5.41, 5.74) is 1.67. The normalized spacial score (nSPS) is 11.9. The third-order valence-electron chi connectivity index (χ3n) is 1.66. The average molecular weight is 229 g/mol. The van der Waals surface area contributed by atoms with Crippen LogP contribution in [0, 0.1) is 0 Å². The van der Waals surface area contributed by atoms with E-state index in [1.54, 1.807) is 12.5 Å². The topological polar surface area (TPSA) is 67.6 Å². The van der Waals surface area contributed by atoms with E-state index in [4.69, 9.17) is 0 Å². The molecule has 0 saturated heterocycles. The molecule has 0 aliphatic heterocycles. The molecule has 0 unspecified atom stereocenters. The molecule has 0 aliphatic rings. The Morgan fingerprint density at radius 2 is 2.13 bits per heavy atom. The predicted molar refractivity (Wildman–Crippen MR) is 46.2 cm³/mol. The van der Waals surface area contributed by atoms with E-state index in [1.807, 2.05) is 0 Å². The van der Waals surface area contributed by atoms with Gasteiger partial charge in [-0.05, 0) is 6.54 Å². The summed E-state index contributed by atoms with van der Waals surface area (Å²) in [4.78, 5) is 16.0. The molecule has 0 radical (unpaired) electrons. The highest BCUT2D eigenvalue weighted by molar-refractivity contribution is 5.69. The molecule has 5 nitrogen and oxygen atoms in total. The van der Waals surface area contributed by atoms with Crippen molar-refractivity contribution in [3.63, 3.8) is 0 Å². The Kier molecular flexibility index (Phi) is 6.21. The van der Waals surface area contributed by atoms with Gasteiger partial charge in [0.1, 0.15) is 0 Å². The maximum absolute atomic E-state index is 12.0. The van der Waals surface area contributed by atoms with E-state index in [0.29, 0.717) is 0 Å². The molecule has 0 saturated carbocycles. The Morgan fingerprint density at radius 1 is 1.53 bits per heavy atom. The molecule has 90 valence electrons. The Morgan fingerprint density at radius 3 is 2.53 bits per heavy atom. The summed E-state index contributed by atoms with van der Waals surface area (Å²) in [6.45, 7) is 0.741. The summed E-state index contributed by atoms with van der Waals surface area (Å²) in [6, 6.07) is 0. The number of nitrogens with one attached hydrogen (secondary N) is 1. The quantitative estimate of drug-likeness (QED) is 0.502. The predicted octanol–water partition coefficient (Wildman–Crippen LogP) is 0.182. The first kappa shape index (κ1) is 14.1.